The van der Waals surface area contributed by atoms with Crippen LogP contribution in [0.25, 0.3) is 0 Å². The van der Waals surface area contributed by atoms with Crippen LogP contribution in [0, 0.1) is 17.8 Å². The summed E-state index contributed by atoms with van der Waals surface area (Å²) in [5.41, 5.74) is 5.88. The maximum atomic E-state index is 10.0. The van der Waals surface area contributed by atoms with Gasteiger partial charge in [-0.25, -0.2) is 0 Å². The maximum absolute atomic E-state index is 10.0. The van der Waals surface area contributed by atoms with Gasteiger partial charge in [-0.1, -0.05) is 13.3 Å². The smallest absolute Gasteiger partial charge is 0.0721 e. The molecule has 3 N–H and O–H groups in total. The van der Waals surface area contributed by atoms with Gasteiger partial charge in [0.25, 0.3) is 0 Å². The van der Waals surface area contributed by atoms with Crippen molar-refractivity contribution in [2.45, 2.75) is 51.2 Å². The molecule has 5 atom stereocenters. The fourth-order valence-corrected chi connectivity index (χ4v) is 3.27. The molecule has 5 unspecified atom stereocenters. The second-order valence-corrected chi connectivity index (χ2v) is 4.90. The average Bonchev–Trinajstić information content (AvgIpc) is 2.76. The van der Waals surface area contributed by atoms with Gasteiger partial charge in [0, 0.05) is 6.04 Å². The highest BCUT2D eigenvalue weighted by atomic mass is 16.3. The minimum Gasteiger partial charge on any atom is -0.391 e. The molecule has 0 amide bonds. The van der Waals surface area contributed by atoms with Crippen LogP contribution in [0.2, 0.25) is 0 Å². The number of hydrogen-bond acceptors (Lipinski definition) is 2. The predicted molar refractivity (Wildman–Crippen MR) is 53.2 cm³/mol. The molecule has 2 nitrogen and oxygen atoms in total. The molecule has 0 spiro atoms. The number of fused-ring (bicyclic) bond motifs is 2. The van der Waals surface area contributed by atoms with Crippen molar-refractivity contribution in [1.29, 1.82) is 0 Å². The molecule has 0 heterocycles. The fourth-order valence-electron chi connectivity index (χ4n) is 3.27. The highest BCUT2D eigenvalue weighted by molar-refractivity contribution is 4.95. The Labute approximate surface area is 80.5 Å². The Morgan fingerprint density at radius 3 is 2.62 bits per heavy atom. The van der Waals surface area contributed by atoms with Gasteiger partial charge in [0.15, 0.2) is 0 Å². The van der Waals surface area contributed by atoms with Crippen LogP contribution >= 0.6 is 0 Å². The van der Waals surface area contributed by atoms with Gasteiger partial charge in [-0.3, -0.25) is 0 Å². The second kappa shape index (κ2) is 3.58. The van der Waals surface area contributed by atoms with Gasteiger partial charge in [0.2, 0.25) is 0 Å². The van der Waals surface area contributed by atoms with Crippen molar-refractivity contribution in [3.63, 3.8) is 0 Å². The molecule has 0 aliphatic heterocycles. The minimum absolute atomic E-state index is 0.00403. The molecule has 2 rings (SSSR count). The zero-order valence-corrected chi connectivity index (χ0v) is 8.45. The molecule has 2 aliphatic rings. The number of rotatable bonds is 3. The summed E-state index contributed by atoms with van der Waals surface area (Å²) < 4.78 is 0. The van der Waals surface area contributed by atoms with Gasteiger partial charge in [-0.2, -0.15) is 0 Å². The van der Waals surface area contributed by atoms with Crippen LogP contribution in [0.1, 0.15) is 39.0 Å². The molecule has 0 radical (unpaired) electrons. The summed E-state index contributed by atoms with van der Waals surface area (Å²) in [6.45, 7) is 2.06. The standard InChI is InChI=1S/C11H21NO/c1-2-10(12)11(13)9-6-7-3-4-8(9)5-7/h7-11,13H,2-6,12H2,1H3. The van der Waals surface area contributed by atoms with Crippen molar-refractivity contribution in [3.05, 3.63) is 0 Å². The van der Waals surface area contributed by atoms with Crippen molar-refractivity contribution in [1.82, 2.24) is 0 Å². The third-order valence-electron chi connectivity index (χ3n) is 4.14. The summed E-state index contributed by atoms with van der Waals surface area (Å²) in [4.78, 5) is 0. The maximum Gasteiger partial charge on any atom is 0.0721 e. The van der Waals surface area contributed by atoms with E-state index in [0.29, 0.717) is 5.92 Å². The summed E-state index contributed by atoms with van der Waals surface area (Å²) >= 11 is 0. The van der Waals surface area contributed by atoms with Gasteiger partial charge in [-0.05, 0) is 43.4 Å². The number of hydrogen-bond donors (Lipinski definition) is 2. The first kappa shape index (κ1) is 9.47. The molecule has 2 heteroatoms. The Balaban J connectivity index is 1.94. The van der Waals surface area contributed by atoms with Gasteiger partial charge < -0.3 is 10.8 Å². The molecule has 0 aromatic carbocycles. The molecule has 0 aromatic rings. The first-order valence-corrected chi connectivity index (χ1v) is 5.66. The van der Waals surface area contributed by atoms with Crippen molar-refractivity contribution in [2.24, 2.45) is 23.5 Å². The van der Waals surface area contributed by atoms with Crippen LogP contribution in [-0.4, -0.2) is 17.3 Å². The van der Waals surface area contributed by atoms with Crippen molar-refractivity contribution in [3.8, 4) is 0 Å². The SMILES string of the molecule is CCC(N)C(O)C1CC2CCC1C2. The van der Waals surface area contributed by atoms with Crippen molar-refractivity contribution < 1.29 is 5.11 Å². The second-order valence-electron chi connectivity index (χ2n) is 4.90. The van der Waals surface area contributed by atoms with E-state index in [1.165, 1.54) is 25.7 Å². The van der Waals surface area contributed by atoms with E-state index in [0.717, 1.165) is 18.3 Å². The summed E-state index contributed by atoms with van der Waals surface area (Å²) in [6.07, 6.45) is 5.99. The molecular weight excluding hydrogens is 162 g/mol. The number of aliphatic hydroxyl groups is 1. The van der Waals surface area contributed by atoms with E-state index in [2.05, 4.69) is 6.92 Å². The Morgan fingerprint density at radius 1 is 1.38 bits per heavy atom. The van der Waals surface area contributed by atoms with Crippen molar-refractivity contribution in [2.75, 3.05) is 0 Å². The third kappa shape index (κ3) is 1.62. The molecule has 0 saturated heterocycles. The van der Waals surface area contributed by atoms with E-state index in [1.807, 2.05) is 0 Å². The fraction of sp³-hybridized carbons (Fsp3) is 1.00. The van der Waals surface area contributed by atoms with Crippen LogP contribution in [0.3, 0.4) is 0 Å². The first-order chi connectivity index (χ1) is 6.22. The zero-order valence-electron chi connectivity index (χ0n) is 8.45. The largest absolute Gasteiger partial charge is 0.391 e. The van der Waals surface area contributed by atoms with Gasteiger partial charge in [0.05, 0.1) is 6.10 Å². The van der Waals surface area contributed by atoms with Crippen LogP contribution in [0.15, 0.2) is 0 Å². The molecule has 13 heavy (non-hydrogen) atoms. The van der Waals surface area contributed by atoms with Crippen molar-refractivity contribution >= 4 is 0 Å². The quantitative estimate of drug-likeness (QED) is 0.697. The molecule has 2 bridgehead atoms. The van der Waals surface area contributed by atoms with Crippen LogP contribution in [0.4, 0.5) is 0 Å². The topological polar surface area (TPSA) is 46.2 Å². The van der Waals surface area contributed by atoms with E-state index in [4.69, 9.17) is 5.73 Å². The van der Waals surface area contributed by atoms with E-state index < -0.39 is 0 Å². The third-order valence-corrected chi connectivity index (χ3v) is 4.14. The Morgan fingerprint density at radius 2 is 2.15 bits per heavy atom. The number of nitrogens with two attached hydrogens (primary N) is 1. The molecule has 2 fully saturated rings. The molecular formula is C11H21NO. The normalized spacial score (nSPS) is 42.2. The van der Waals surface area contributed by atoms with E-state index in [9.17, 15) is 5.11 Å². The Hall–Kier alpha value is -0.0800. The molecule has 0 aromatic heterocycles. The lowest BCUT2D eigenvalue weighted by molar-refractivity contribution is 0.0519. The minimum atomic E-state index is -0.236. The summed E-state index contributed by atoms with van der Waals surface area (Å²) in [6, 6.07) is 0.00403. The Kier molecular flexibility index (Phi) is 2.61. The number of aliphatic hydroxyl groups excluding tert-OH is 1. The molecule has 2 aliphatic carbocycles. The summed E-state index contributed by atoms with van der Waals surface area (Å²) in [7, 11) is 0. The molecule has 76 valence electrons. The predicted octanol–water partition coefficient (Wildman–Crippen LogP) is 1.52. The summed E-state index contributed by atoms with van der Waals surface area (Å²) in [5, 5.41) is 10.0. The summed E-state index contributed by atoms with van der Waals surface area (Å²) in [5.74, 6) is 2.22. The van der Waals surface area contributed by atoms with Crippen LogP contribution in [-0.2, 0) is 0 Å². The zero-order chi connectivity index (χ0) is 9.42. The van der Waals surface area contributed by atoms with Crippen LogP contribution in [0.5, 0.6) is 0 Å². The van der Waals surface area contributed by atoms with E-state index in [1.54, 1.807) is 0 Å². The lowest BCUT2D eigenvalue weighted by atomic mass is 9.82. The highest BCUT2D eigenvalue weighted by Gasteiger charge is 2.43. The van der Waals surface area contributed by atoms with Gasteiger partial charge in [0.1, 0.15) is 0 Å². The average molecular weight is 183 g/mol. The van der Waals surface area contributed by atoms with Crippen LogP contribution < -0.4 is 5.73 Å². The van der Waals surface area contributed by atoms with E-state index in [-0.39, 0.29) is 12.1 Å². The molecule has 2 saturated carbocycles. The van der Waals surface area contributed by atoms with Gasteiger partial charge in [-0.15, -0.1) is 0 Å². The van der Waals surface area contributed by atoms with E-state index >= 15 is 0 Å². The lowest BCUT2D eigenvalue weighted by Crippen LogP contribution is -2.41. The van der Waals surface area contributed by atoms with Gasteiger partial charge >= 0.3 is 0 Å². The lowest BCUT2D eigenvalue weighted by Gasteiger charge is -2.30. The Bertz CT molecular complexity index is 183. The highest BCUT2D eigenvalue weighted by Crippen LogP contribution is 2.49. The first-order valence-electron chi connectivity index (χ1n) is 5.66. The monoisotopic (exact) mass is 183 g/mol.